The van der Waals surface area contributed by atoms with E-state index in [1.165, 1.54) is 4.90 Å². The van der Waals surface area contributed by atoms with Crippen LogP contribution in [0.5, 0.6) is 5.75 Å². The summed E-state index contributed by atoms with van der Waals surface area (Å²) < 4.78 is 10.6. The van der Waals surface area contributed by atoms with Gasteiger partial charge in [-0.2, -0.15) is 0 Å². The second-order valence-corrected chi connectivity index (χ2v) is 8.81. The molecule has 1 atom stereocenters. The number of aryl methyl sites for hydroxylation is 1. The highest BCUT2D eigenvalue weighted by atomic mass is 32.1. The van der Waals surface area contributed by atoms with E-state index in [0.29, 0.717) is 29.2 Å². The zero-order chi connectivity index (χ0) is 25.8. The molecule has 1 N–H and O–H groups in total. The number of Topliss-reactive ketones (excluding diaryl/α,β-unsaturated/α-hetero) is 1. The number of carbonyl (C=O) groups is 3. The second-order valence-electron chi connectivity index (χ2n) is 7.84. The highest BCUT2D eigenvalue weighted by Gasteiger charge is 2.48. The number of benzene rings is 2. The topological polar surface area (TPSA) is 106 Å². The molecule has 0 unspecified atom stereocenters. The number of hydrogen-bond acceptors (Lipinski definition) is 8. The Balaban J connectivity index is 1.83. The van der Waals surface area contributed by atoms with E-state index in [2.05, 4.69) is 11.6 Å². The molecule has 2 heterocycles. The van der Waals surface area contributed by atoms with Crippen LogP contribution in [-0.4, -0.2) is 41.0 Å². The Hall–Kier alpha value is -4.24. The summed E-state index contributed by atoms with van der Waals surface area (Å²) >= 11 is 0.967. The highest BCUT2D eigenvalue weighted by molar-refractivity contribution is 7.17. The lowest BCUT2D eigenvalue weighted by Gasteiger charge is -2.23. The summed E-state index contributed by atoms with van der Waals surface area (Å²) in [7, 11) is 0. The van der Waals surface area contributed by atoms with Crippen LogP contribution in [0.4, 0.5) is 5.13 Å². The van der Waals surface area contributed by atoms with Gasteiger partial charge in [0.15, 0.2) is 5.13 Å². The lowest BCUT2D eigenvalue weighted by molar-refractivity contribution is -0.132. The molecule has 3 aromatic rings. The van der Waals surface area contributed by atoms with E-state index in [0.717, 1.165) is 11.3 Å². The van der Waals surface area contributed by atoms with Gasteiger partial charge in [-0.25, -0.2) is 9.78 Å². The summed E-state index contributed by atoms with van der Waals surface area (Å²) in [5.41, 5.74) is 1.27. The van der Waals surface area contributed by atoms with Crippen molar-refractivity contribution < 1.29 is 29.0 Å². The minimum absolute atomic E-state index is 0.0727. The first-order chi connectivity index (χ1) is 17.4. The quantitative estimate of drug-likeness (QED) is 0.154. The van der Waals surface area contributed by atoms with E-state index in [9.17, 15) is 19.5 Å². The summed E-state index contributed by atoms with van der Waals surface area (Å²) in [6.07, 6.45) is 1.61. The van der Waals surface area contributed by atoms with E-state index in [4.69, 9.17) is 9.47 Å². The molecule has 0 bridgehead atoms. The number of thiazole rings is 1. The average Bonchev–Trinajstić information content (AvgIpc) is 3.40. The normalized spacial score (nSPS) is 16.7. The maximum Gasteiger partial charge on any atom is 0.350 e. The predicted octanol–water partition coefficient (Wildman–Crippen LogP) is 4.82. The van der Waals surface area contributed by atoms with Gasteiger partial charge in [-0.15, -0.1) is 0 Å². The number of amides is 1. The van der Waals surface area contributed by atoms with Gasteiger partial charge in [-0.3, -0.25) is 14.5 Å². The van der Waals surface area contributed by atoms with E-state index in [1.54, 1.807) is 68.5 Å². The second kappa shape index (κ2) is 10.6. The molecule has 8 nitrogen and oxygen atoms in total. The number of rotatable bonds is 8. The fraction of sp³-hybridized carbons (Fsp3) is 0.185. The van der Waals surface area contributed by atoms with Gasteiger partial charge in [0.05, 0.1) is 23.9 Å². The van der Waals surface area contributed by atoms with Crippen molar-refractivity contribution in [2.45, 2.75) is 19.9 Å². The molecule has 0 spiro atoms. The molecule has 184 valence electrons. The van der Waals surface area contributed by atoms with Gasteiger partial charge in [0.25, 0.3) is 5.78 Å². The number of aliphatic hydroxyl groups is 1. The molecule has 4 rings (SSSR count). The molecule has 1 aromatic heterocycles. The van der Waals surface area contributed by atoms with Crippen molar-refractivity contribution in [2.75, 3.05) is 18.1 Å². The number of aromatic nitrogens is 1. The van der Waals surface area contributed by atoms with Crippen molar-refractivity contribution >= 4 is 39.9 Å². The summed E-state index contributed by atoms with van der Waals surface area (Å²) in [5.74, 6) is -2.00. The number of esters is 1. The predicted molar refractivity (Wildman–Crippen MR) is 136 cm³/mol. The van der Waals surface area contributed by atoms with Crippen LogP contribution in [0.3, 0.4) is 0 Å². The first kappa shape index (κ1) is 24.9. The van der Waals surface area contributed by atoms with Gasteiger partial charge in [0.2, 0.25) is 0 Å². The van der Waals surface area contributed by atoms with Gasteiger partial charge in [0.1, 0.15) is 23.0 Å². The number of nitrogens with zero attached hydrogens (tertiary/aromatic N) is 2. The van der Waals surface area contributed by atoms with E-state index in [1.807, 2.05) is 6.07 Å². The van der Waals surface area contributed by atoms with Crippen LogP contribution in [0.15, 0.2) is 72.8 Å². The molecule has 36 heavy (non-hydrogen) atoms. The fourth-order valence-corrected chi connectivity index (χ4v) is 4.86. The Morgan fingerprint density at radius 2 is 1.86 bits per heavy atom. The van der Waals surface area contributed by atoms with E-state index >= 15 is 0 Å². The smallest absolute Gasteiger partial charge is 0.350 e. The third kappa shape index (κ3) is 4.65. The number of ketones is 1. The van der Waals surface area contributed by atoms with Crippen molar-refractivity contribution in [3.63, 3.8) is 0 Å². The largest absolute Gasteiger partial charge is 0.507 e. The van der Waals surface area contributed by atoms with Crippen LogP contribution < -0.4 is 9.64 Å². The van der Waals surface area contributed by atoms with Crippen LogP contribution in [0.2, 0.25) is 0 Å². The van der Waals surface area contributed by atoms with Crippen molar-refractivity contribution in [1.29, 1.82) is 0 Å². The Labute approximate surface area is 212 Å². The maximum absolute atomic E-state index is 13.3. The molecule has 9 heteroatoms. The van der Waals surface area contributed by atoms with E-state index in [-0.39, 0.29) is 27.9 Å². The zero-order valence-electron chi connectivity index (χ0n) is 19.8. The molecule has 0 radical (unpaired) electrons. The summed E-state index contributed by atoms with van der Waals surface area (Å²) in [4.78, 5) is 44.8. The highest BCUT2D eigenvalue weighted by Crippen LogP contribution is 2.44. The van der Waals surface area contributed by atoms with Crippen LogP contribution in [-0.2, 0) is 14.3 Å². The molecule has 1 saturated heterocycles. The third-order valence-electron chi connectivity index (χ3n) is 5.51. The summed E-state index contributed by atoms with van der Waals surface area (Å²) in [6.45, 7) is 7.46. The minimum Gasteiger partial charge on any atom is -0.507 e. The SMILES string of the molecule is C=CCOc1ccc(C(O)=C2C(=O)C(=O)N(c3nc(C)c(C(=O)OCC)s3)[C@H]2c2ccccc2)cc1. The lowest BCUT2D eigenvalue weighted by atomic mass is 9.95. The van der Waals surface area contributed by atoms with Crippen LogP contribution in [0.25, 0.3) is 5.76 Å². The Morgan fingerprint density at radius 3 is 2.50 bits per heavy atom. The van der Waals surface area contributed by atoms with E-state index < -0.39 is 23.7 Å². The molecule has 1 amide bonds. The van der Waals surface area contributed by atoms with Gasteiger partial charge in [0, 0.05) is 5.56 Å². The Kier molecular flexibility index (Phi) is 7.30. The first-order valence-electron chi connectivity index (χ1n) is 11.2. The molecule has 0 saturated carbocycles. The van der Waals surface area contributed by atoms with Crippen molar-refractivity contribution in [2.24, 2.45) is 0 Å². The number of hydrogen-bond donors (Lipinski definition) is 1. The van der Waals surface area contributed by atoms with Crippen LogP contribution in [0.1, 0.15) is 39.5 Å². The van der Waals surface area contributed by atoms with Crippen molar-refractivity contribution in [1.82, 2.24) is 4.98 Å². The minimum atomic E-state index is -0.941. The average molecular weight is 505 g/mol. The standard InChI is InChI=1S/C27H24N2O6S/c1-4-15-35-19-13-11-18(12-14-19)22(30)20-21(17-9-7-6-8-10-17)29(25(32)23(20)31)27-28-16(3)24(36-27)26(33)34-5-2/h4,6-14,21,30H,1,5,15H2,2-3H3/t21-/m0/s1. The van der Waals surface area contributed by atoms with Crippen LogP contribution >= 0.6 is 11.3 Å². The molecule has 1 aliphatic rings. The van der Waals surface area contributed by atoms with Gasteiger partial charge in [-0.1, -0.05) is 54.3 Å². The van der Waals surface area contributed by atoms with Gasteiger partial charge >= 0.3 is 11.9 Å². The molecule has 1 fully saturated rings. The maximum atomic E-state index is 13.3. The zero-order valence-corrected chi connectivity index (χ0v) is 20.6. The van der Waals surface area contributed by atoms with Crippen LogP contribution in [0, 0.1) is 6.92 Å². The Morgan fingerprint density at radius 1 is 1.17 bits per heavy atom. The number of anilines is 1. The summed E-state index contributed by atoms with van der Waals surface area (Å²) in [5, 5.41) is 11.4. The summed E-state index contributed by atoms with van der Waals surface area (Å²) in [6, 6.07) is 14.5. The molecule has 1 aliphatic heterocycles. The lowest BCUT2D eigenvalue weighted by Crippen LogP contribution is -2.29. The molecule has 0 aliphatic carbocycles. The first-order valence-corrected chi connectivity index (χ1v) is 12.0. The molecular weight excluding hydrogens is 480 g/mol. The monoisotopic (exact) mass is 504 g/mol. The molecule has 2 aromatic carbocycles. The number of ether oxygens (including phenoxy) is 2. The number of aliphatic hydroxyl groups excluding tert-OH is 1. The van der Waals surface area contributed by atoms with Gasteiger partial charge < -0.3 is 14.6 Å². The molecular formula is C27H24N2O6S. The van der Waals surface area contributed by atoms with Crippen molar-refractivity contribution in [3.05, 3.63) is 94.5 Å². The number of carbonyl (C=O) groups excluding carboxylic acids is 3. The Bertz CT molecular complexity index is 1340. The third-order valence-corrected chi connectivity index (χ3v) is 6.64. The van der Waals surface area contributed by atoms with Crippen molar-refractivity contribution in [3.8, 4) is 5.75 Å². The van der Waals surface area contributed by atoms with Gasteiger partial charge in [-0.05, 0) is 43.7 Å². The fourth-order valence-electron chi connectivity index (χ4n) is 3.87.